The average Bonchev–Trinajstić information content (AvgIpc) is 3.31. The maximum Gasteiger partial charge on any atom is 0.272 e. The number of para-hydroxylation sites is 1. The van der Waals surface area contributed by atoms with Gasteiger partial charge in [-0.25, -0.2) is 0 Å². The first-order chi connectivity index (χ1) is 15.4. The van der Waals surface area contributed by atoms with Gasteiger partial charge in [-0.1, -0.05) is 32.0 Å². The molecule has 7 nitrogen and oxygen atoms in total. The number of ether oxygens (including phenoxy) is 2. The van der Waals surface area contributed by atoms with Crippen LogP contribution in [0.25, 0.3) is 6.08 Å². The Bertz CT molecular complexity index is 1120. The molecule has 0 unspecified atom stereocenters. The van der Waals surface area contributed by atoms with Crippen LogP contribution in [-0.4, -0.2) is 26.0 Å². The fourth-order valence-electron chi connectivity index (χ4n) is 3.15. The first-order valence-corrected chi connectivity index (χ1v) is 10.1. The average molecular weight is 434 g/mol. The summed E-state index contributed by atoms with van der Waals surface area (Å²) in [4.78, 5) is 26.0. The maximum absolute atomic E-state index is 13.1. The van der Waals surface area contributed by atoms with E-state index in [1.54, 1.807) is 30.3 Å². The Balaban J connectivity index is 1.89. The topological polar surface area (TPSA) is 89.8 Å². The lowest BCUT2D eigenvalue weighted by Crippen LogP contribution is -2.31. The van der Waals surface area contributed by atoms with E-state index in [-0.39, 0.29) is 11.6 Å². The Hall–Kier alpha value is -4.00. The summed E-state index contributed by atoms with van der Waals surface area (Å²) in [5, 5.41) is 5.58. The molecule has 2 N–H and O–H groups in total. The zero-order valence-corrected chi connectivity index (χ0v) is 18.5. The normalized spacial score (nSPS) is 11.2. The molecule has 0 atom stereocenters. The summed E-state index contributed by atoms with van der Waals surface area (Å²) < 4.78 is 15.8. The minimum atomic E-state index is -0.476. The van der Waals surface area contributed by atoms with Crippen molar-refractivity contribution in [1.82, 2.24) is 5.32 Å². The van der Waals surface area contributed by atoms with Gasteiger partial charge in [-0.15, -0.1) is 0 Å². The summed E-state index contributed by atoms with van der Waals surface area (Å²) in [7, 11) is 3.00. The first kappa shape index (κ1) is 22.7. The minimum Gasteiger partial charge on any atom is -0.493 e. The molecule has 166 valence electrons. The quantitative estimate of drug-likeness (QED) is 0.496. The van der Waals surface area contributed by atoms with Crippen molar-refractivity contribution in [2.45, 2.75) is 19.8 Å². The van der Waals surface area contributed by atoms with Crippen LogP contribution >= 0.6 is 0 Å². The fraction of sp³-hybridized carbons (Fsp3) is 0.200. The molecule has 3 aromatic rings. The summed E-state index contributed by atoms with van der Waals surface area (Å²) in [5.41, 5.74) is 2.02. The van der Waals surface area contributed by atoms with Crippen LogP contribution in [0.2, 0.25) is 0 Å². The largest absolute Gasteiger partial charge is 0.493 e. The van der Waals surface area contributed by atoms with Crippen LogP contribution in [0.3, 0.4) is 0 Å². The SMILES string of the molecule is COc1ccc(C(=O)N/C(=C\c2ccco2)C(=O)Nc2ccccc2C(C)C)cc1OC. The highest BCUT2D eigenvalue weighted by Gasteiger charge is 2.18. The number of amides is 2. The van der Waals surface area contributed by atoms with Crippen LogP contribution in [0, 0.1) is 0 Å². The number of carbonyl (C=O) groups excluding carboxylic acids is 2. The highest BCUT2D eigenvalue weighted by molar-refractivity contribution is 6.10. The van der Waals surface area contributed by atoms with Crippen molar-refractivity contribution in [1.29, 1.82) is 0 Å². The molecule has 0 saturated carbocycles. The van der Waals surface area contributed by atoms with Crippen molar-refractivity contribution in [3.8, 4) is 11.5 Å². The summed E-state index contributed by atoms with van der Waals surface area (Å²) in [6.45, 7) is 4.09. The van der Waals surface area contributed by atoms with Gasteiger partial charge in [0.05, 0.1) is 20.5 Å². The van der Waals surface area contributed by atoms with E-state index in [0.717, 1.165) is 5.56 Å². The van der Waals surface area contributed by atoms with Crippen molar-refractivity contribution < 1.29 is 23.5 Å². The summed E-state index contributed by atoms with van der Waals surface area (Å²) in [6, 6.07) is 15.7. The number of methoxy groups -OCH3 is 2. The van der Waals surface area contributed by atoms with Gasteiger partial charge in [-0.05, 0) is 47.9 Å². The number of benzene rings is 2. The Morgan fingerprint density at radius 2 is 1.72 bits per heavy atom. The number of anilines is 1. The molecule has 3 rings (SSSR count). The molecule has 1 aromatic heterocycles. The highest BCUT2D eigenvalue weighted by Crippen LogP contribution is 2.28. The summed E-state index contributed by atoms with van der Waals surface area (Å²) >= 11 is 0. The third-order valence-electron chi connectivity index (χ3n) is 4.80. The molecule has 0 saturated heterocycles. The number of furan rings is 1. The van der Waals surface area contributed by atoms with Gasteiger partial charge >= 0.3 is 0 Å². The highest BCUT2D eigenvalue weighted by atomic mass is 16.5. The Labute approximate surface area is 187 Å². The van der Waals surface area contributed by atoms with Gasteiger partial charge in [0, 0.05) is 17.3 Å². The molecule has 7 heteroatoms. The second kappa shape index (κ2) is 10.3. The second-order valence-electron chi connectivity index (χ2n) is 7.29. The molecule has 0 bridgehead atoms. The molecule has 0 aliphatic carbocycles. The summed E-state index contributed by atoms with van der Waals surface area (Å²) in [6.07, 6.45) is 2.97. The lowest BCUT2D eigenvalue weighted by Gasteiger charge is -2.16. The van der Waals surface area contributed by atoms with E-state index in [2.05, 4.69) is 10.6 Å². The molecular formula is C25H26N2O5. The van der Waals surface area contributed by atoms with Crippen LogP contribution in [-0.2, 0) is 4.79 Å². The van der Waals surface area contributed by atoms with Crippen molar-refractivity contribution in [2.24, 2.45) is 0 Å². The van der Waals surface area contributed by atoms with E-state index in [1.165, 1.54) is 26.6 Å². The van der Waals surface area contributed by atoms with E-state index >= 15 is 0 Å². The predicted molar refractivity (Wildman–Crippen MR) is 123 cm³/mol. The number of rotatable bonds is 8. The standard InChI is InChI=1S/C25H26N2O5/c1-16(2)19-9-5-6-10-20(19)26-25(29)21(15-18-8-7-13-32-18)27-24(28)17-11-12-22(30-3)23(14-17)31-4/h5-16H,1-4H3,(H,26,29)(H,27,28)/b21-15-. The number of carbonyl (C=O) groups is 2. The molecule has 1 heterocycles. The summed E-state index contributed by atoms with van der Waals surface area (Å²) in [5.74, 6) is 0.607. The minimum absolute atomic E-state index is 0.0401. The smallest absolute Gasteiger partial charge is 0.272 e. The van der Waals surface area contributed by atoms with Gasteiger partial charge in [-0.2, -0.15) is 0 Å². The van der Waals surface area contributed by atoms with Gasteiger partial charge in [0.2, 0.25) is 0 Å². The number of nitrogens with one attached hydrogen (secondary N) is 2. The van der Waals surface area contributed by atoms with E-state index < -0.39 is 11.8 Å². The molecule has 32 heavy (non-hydrogen) atoms. The van der Waals surface area contributed by atoms with E-state index in [9.17, 15) is 9.59 Å². The second-order valence-corrected chi connectivity index (χ2v) is 7.29. The van der Waals surface area contributed by atoms with Crippen LogP contribution in [0.5, 0.6) is 11.5 Å². The van der Waals surface area contributed by atoms with Gasteiger partial charge in [0.15, 0.2) is 11.5 Å². The number of hydrogen-bond acceptors (Lipinski definition) is 5. The zero-order chi connectivity index (χ0) is 23.1. The van der Waals surface area contributed by atoms with E-state index in [1.807, 2.05) is 38.1 Å². The van der Waals surface area contributed by atoms with Gasteiger partial charge in [0.1, 0.15) is 11.5 Å². The van der Waals surface area contributed by atoms with Crippen LogP contribution in [0.4, 0.5) is 5.69 Å². The van der Waals surface area contributed by atoms with Crippen molar-refractivity contribution in [3.63, 3.8) is 0 Å². The lowest BCUT2D eigenvalue weighted by molar-refractivity contribution is -0.113. The fourth-order valence-corrected chi connectivity index (χ4v) is 3.15. The lowest BCUT2D eigenvalue weighted by atomic mass is 10.0. The van der Waals surface area contributed by atoms with E-state index in [0.29, 0.717) is 28.5 Å². The predicted octanol–water partition coefficient (Wildman–Crippen LogP) is 4.83. The first-order valence-electron chi connectivity index (χ1n) is 10.1. The van der Waals surface area contributed by atoms with E-state index in [4.69, 9.17) is 13.9 Å². The Kier molecular flexibility index (Phi) is 7.33. The van der Waals surface area contributed by atoms with Gasteiger partial charge in [0.25, 0.3) is 11.8 Å². The molecule has 0 fully saturated rings. The van der Waals surface area contributed by atoms with Crippen molar-refractivity contribution >= 4 is 23.6 Å². The molecule has 2 aromatic carbocycles. The molecule has 2 amide bonds. The molecule has 0 aliphatic heterocycles. The zero-order valence-electron chi connectivity index (χ0n) is 18.5. The Morgan fingerprint density at radius 3 is 2.38 bits per heavy atom. The third-order valence-corrected chi connectivity index (χ3v) is 4.80. The molecule has 0 radical (unpaired) electrons. The molecule has 0 spiro atoms. The monoisotopic (exact) mass is 434 g/mol. The molecular weight excluding hydrogens is 408 g/mol. The van der Waals surface area contributed by atoms with Gasteiger partial charge in [-0.3, -0.25) is 9.59 Å². The van der Waals surface area contributed by atoms with Crippen LogP contribution in [0.1, 0.15) is 41.4 Å². The van der Waals surface area contributed by atoms with Crippen molar-refractivity contribution in [3.05, 3.63) is 83.4 Å². The Morgan fingerprint density at radius 1 is 0.969 bits per heavy atom. The van der Waals surface area contributed by atoms with Crippen LogP contribution in [0.15, 0.2) is 71.0 Å². The van der Waals surface area contributed by atoms with Crippen LogP contribution < -0.4 is 20.1 Å². The maximum atomic E-state index is 13.1. The molecule has 0 aliphatic rings. The van der Waals surface area contributed by atoms with Gasteiger partial charge < -0.3 is 24.5 Å². The third kappa shape index (κ3) is 5.37. The van der Waals surface area contributed by atoms with Crippen molar-refractivity contribution in [2.75, 3.05) is 19.5 Å². The number of hydrogen-bond donors (Lipinski definition) is 2.